The summed E-state index contributed by atoms with van der Waals surface area (Å²) in [5.74, 6) is 1.22. The summed E-state index contributed by atoms with van der Waals surface area (Å²) < 4.78 is 47.6. The fourth-order valence-electron chi connectivity index (χ4n) is 3.30. The molecule has 2 aromatic heterocycles. The largest absolute Gasteiger partial charge is 0.573 e. The van der Waals surface area contributed by atoms with Gasteiger partial charge in [-0.1, -0.05) is 18.2 Å². The van der Waals surface area contributed by atoms with E-state index in [4.69, 9.17) is 4.74 Å². The van der Waals surface area contributed by atoms with Crippen LogP contribution in [0.1, 0.15) is 29.4 Å². The molecule has 4 rings (SSSR count). The van der Waals surface area contributed by atoms with Crippen LogP contribution in [0.15, 0.2) is 48.8 Å². The number of pyridine rings is 1. The molecular weight excluding hydrogens is 395 g/mol. The Morgan fingerprint density at radius 2 is 1.90 bits per heavy atom. The fourth-order valence-corrected chi connectivity index (χ4v) is 3.30. The Bertz CT molecular complexity index is 1040. The Labute approximate surface area is 171 Å². The van der Waals surface area contributed by atoms with Gasteiger partial charge in [-0.15, -0.1) is 13.2 Å². The second kappa shape index (κ2) is 7.93. The lowest BCUT2D eigenvalue weighted by Gasteiger charge is -2.13. The van der Waals surface area contributed by atoms with E-state index in [0.29, 0.717) is 41.3 Å². The van der Waals surface area contributed by atoms with Crippen molar-refractivity contribution in [2.75, 3.05) is 6.61 Å². The molecule has 1 saturated carbocycles. The maximum Gasteiger partial charge on any atom is 0.573 e. The normalized spacial score (nSPS) is 18.2. The average Bonchev–Trinajstić information content (AvgIpc) is 3.45. The van der Waals surface area contributed by atoms with Crippen molar-refractivity contribution in [1.29, 1.82) is 0 Å². The number of halogens is 3. The molecule has 30 heavy (non-hydrogen) atoms. The number of hydrogen-bond donors (Lipinski definition) is 0. The molecule has 2 heterocycles. The number of ether oxygens (including phenoxy) is 2. The number of aromatic nitrogens is 3. The van der Waals surface area contributed by atoms with Crippen LogP contribution in [0.5, 0.6) is 11.6 Å². The van der Waals surface area contributed by atoms with Crippen molar-refractivity contribution in [2.24, 2.45) is 5.92 Å². The van der Waals surface area contributed by atoms with E-state index in [-0.39, 0.29) is 5.75 Å². The first-order valence-electron chi connectivity index (χ1n) is 9.53. The zero-order chi connectivity index (χ0) is 21.3. The first-order valence-corrected chi connectivity index (χ1v) is 9.53. The van der Waals surface area contributed by atoms with Gasteiger partial charge in [0.05, 0.1) is 12.2 Å². The van der Waals surface area contributed by atoms with E-state index < -0.39 is 6.36 Å². The van der Waals surface area contributed by atoms with Gasteiger partial charge in [-0.05, 0) is 49.6 Å². The third kappa shape index (κ3) is 4.87. The van der Waals surface area contributed by atoms with Gasteiger partial charge in [-0.3, -0.25) is 4.98 Å². The molecule has 8 heteroatoms. The van der Waals surface area contributed by atoms with Gasteiger partial charge in [0.1, 0.15) is 11.6 Å². The van der Waals surface area contributed by atoms with E-state index in [0.717, 1.165) is 17.7 Å². The van der Waals surface area contributed by atoms with E-state index >= 15 is 0 Å². The molecule has 0 spiro atoms. The molecular formula is C22H20F3N3O2. The Morgan fingerprint density at radius 1 is 1.07 bits per heavy atom. The molecule has 0 bridgehead atoms. The van der Waals surface area contributed by atoms with E-state index in [1.165, 1.54) is 18.2 Å². The lowest BCUT2D eigenvalue weighted by atomic mass is 10.1. The number of alkyl halides is 3. The predicted octanol–water partition coefficient (Wildman–Crippen LogP) is 5.24. The second-order valence-corrected chi connectivity index (χ2v) is 7.39. The number of rotatable bonds is 6. The van der Waals surface area contributed by atoms with Crippen molar-refractivity contribution in [2.45, 2.75) is 32.5 Å². The van der Waals surface area contributed by atoms with E-state index in [2.05, 4.69) is 19.7 Å². The maximum atomic E-state index is 12.5. The Balaban J connectivity index is 1.49. The molecule has 0 saturated heterocycles. The summed E-state index contributed by atoms with van der Waals surface area (Å²) in [6.45, 7) is 4.18. The fraction of sp³-hybridized carbons (Fsp3) is 0.318. The summed E-state index contributed by atoms with van der Waals surface area (Å²) in [6, 6.07) is 9.77. The molecule has 1 fully saturated rings. The molecule has 0 amide bonds. The van der Waals surface area contributed by atoms with Crippen molar-refractivity contribution < 1.29 is 22.6 Å². The second-order valence-electron chi connectivity index (χ2n) is 7.39. The highest BCUT2D eigenvalue weighted by atomic mass is 19.4. The highest BCUT2D eigenvalue weighted by molar-refractivity contribution is 5.69. The summed E-state index contributed by atoms with van der Waals surface area (Å²) in [5.41, 5.74) is 3.16. The van der Waals surface area contributed by atoms with Crippen LogP contribution in [0.25, 0.3) is 11.1 Å². The minimum Gasteiger partial charge on any atom is -0.477 e. The van der Waals surface area contributed by atoms with Crippen molar-refractivity contribution in [3.05, 3.63) is 65.9 Å². The lowest BCUT2D eigenvalue weighted by molar-refractivity contribution is -0.274. The van der Waals surface area contributed by atoms with Gasteiger partial charge < -0.3 is 9.47 Å². The highest BCUT2D eigenvalue weighted by Crippen LogP contribution is 2.47. The minimum atomic E-state index is -4.76. The van der Waals surface area contributed by atoms with Gasteiger partial charge in [0.2, 0.25) is 5.88 Å². The molecule has 0 N–H and O–H groups in total. The van der Waals surface area contributed by atoms with Crippen molar-refractivity contribution in [1.82, 2.24) is 15.0 Å². The smallest absolute Gasteiger partial charge is 0.477 e. The molecule has 5 nitrogen and oxygen atoms in total. The molecule has 2 unspecified atom stereocenters. The van der Waals surface area contributed by atoms with E-state index in [1.54, 1.807) is 19.2 Å². The summed E-state index contributed by atoms with van der Waals surface area (Å²) in [7, 11) is 0. The van der Waals surface area contributed by atoms with Crippen LogP contribution < -0.4 is 9.47 Å². The van der Waals surface area contributed by atoms with Crippen LogP contribution in [0, 0.1) is 19.8 Å². The summed E-state index contributed by atoms with van der Waals surface area (Å²) in [6.07, 6.45) is -0.374. The Morgan fingerprint density at radius 3 is 2.63 bits per heavy atom. The molecule has 0 aliphatic heterocycles. The molecule has 1 aliphatic rings. The van der Waals surface area contributed by atoms with Gasteiger partial charge in [-0.25, -0.2) is 4.98 Å². The van der Waals surface area contributed by atoms with Crippen molar-refractivity contribution >= 4 is 0 Å². The summed E-state index contributed by atoms with van der Waals surface area (Å²) in [4.78, 5) is 13.0. The highest BCUT2D eigenvalue weighted by Gasteiger charge is 2.40. The van der Waals surface area contributed by atoms with Crippen LogP contribution in [-0.4, -0.2) is 27.9 Å². The number of nitrogens with zero attached hydrogens (tertiary/aromatic N) is 3. The Kier molecular flexibility index (Phi) is 5.32. The van der Waals surface area contributed by atoms with Crippen LogP contribution >= 0.6 is 0 Å². The molecule has 3 aromatic rings. The zero-order valence-electron chi connectivity index (χ0n) is 16.5. The minimum absolute atomic E-state index is 0.306. The monoisotopic (exact) mass is 415 g/mol. The molecule has 0 radical (unpaired) electrons. The lowest BCUT2D eigenvalue weighted by Crippen LogP contribution is -2.17. The van der Waals surface area contributed by atoms with Gasteiger partial charge >= 0.3 is 6.36 Å². The predicted molar refractivity (Wildman–Crippen MR) is 104 cm³/mol. The summed E-state index contributed by atoms with van der Waals surface area (Å²) in [5, 5.41) is 0. The van der Waals surface area contributed by atoms with Gasteiger partial charge in [0.25, 0.3) is 0 Å². The maximum absolute atomic E-state index is 12.5. The van der Waals surface area contributed by atoms with Crippen LogP contribution in [0.2, 0.25) is 0 Å². The van der Waals surface area contributed by atoms with Crippen LogP contribution in [0.3, 0.4) is 0 Å². The summed E-state index contributed by atoms with van der Waals surface area (Å²) >= 11 is 0. The Hall–Kier alpha value is -3.16. The van der Waals surface area contributed by atoms with Gasteiger partial charge in [-0.2, -0.15) is 4.98 Å². The van der Waals surface area contributed by atoms with Crippen molar-refractivity contribution in [3.63, 3.8) is 0 Å². The molecule has 156 valence electrons. The van der Waals surface area contributed by atoms with E-state index in [9.17, 15) is 13.2 Å². The van der Waals surface area contributed by atoms with Gasteiger partial charge in [0, 0.05) is 29.9 Å². The third-order valence-electron chi connectivity index (χ3n) is 4.92. The molecule has 2 atom stereocenters. The average molecular weight is 415 g/mol. The topological polar surface area (TPSA) is 57.1 Å². The van der Waals surface area contributed by atoms with Gasteiger partial charge in [0.15, 0.2) is 0 Å². The number of benzene rings is 1. The third-order valence-corrected chi connectivity index (χ3v) is 4.92. The molecule has 1 aliphatic carbocycles. The van der Waals surface area contributed by atoms with Crippen molar-refractivity contribution in [3.8, 4) is 22.8 Å². The standard InChI is InChI=1S/C22H20F3N3O2/c1-13-6-7-20(27-10-13)18-9-16(18)12-29-21-19(11-26-14(2)28-21)15-4-3-5-17(8-15)30-22(23,24)25/h3-8,10-11,16,18H,9,12H2,1-2H3. The van der Waals surface area contributed by atoms with Crippen LogP contribution in [-0.2, 0) is 0 Å². The number of aryl methyl sites for hydroxylation is 2. The number of hydrogen-bond acceptors (Lipinski definition) is 5. The molecule has 1 aromatic carbocycles. The van der Waals surface area contributed by atoms with Crippen LogP contribution in [0.4, 0.5) is 13.2 Å². The quantitative estimate of drug-likeness (QED) is 0.551. The first kappa shape index (κ1) is 20.1. The van der Waals surface area contributed by atoms with E-state index in [1.807, 2.05) is 25.3 Å². The zero-order valence-corrected chi connectivity index (χ0v) is 16.5. The first-order chi connectivity index (χ1) is 14.3. The SMILES string of the molecule is Cc1ccc(C2CC2COc2nc(C)ncc2-c2cccc(OC(F)(F)F)c2)nc1.